The van der Waals surface area contributed by atoms with Crippen LogP contribution in [0, 0.1) is 0 Å². The molecule has 3 heterocycles. The first-order valence-electron chi connectivity index (χ1n) is 9.73. The van der Waals surface area contributed by atoms with E-state index in [4.69, 9.17) is 14.2 Å². The van der Waals surface area contributed by atoms with Crippen LogP contribution in [0.3, 0.4) is 0 Å². The minimum Gasteiger partial charge on any atom is -0.388 e. The van der Waals surface area contributed by atoms with Crippen molar-refractivity contribution in [2.24, 2.45) is 0 Å². The van der Waals surface area contributed by atoms with E-state index in [0.29, 0.717) is 38.6 Å². The van der Waals surface area contributed by atoms with Crippen molar-refractivity contribution in [1.82, 2.24) is 15.5 Å². The SMILES string of the molecule is COCCNC(=O)CC1CC2OC(CNC3CCN(C)CC3)C(O)C2O1. The number of likely N-dealkylation sites (tertiary alicyclic amines) is 1. The normalized spacial score (nSPS) is 35.6. The number of aliphatic hydroxyl groups is 1. The van der Waals surface area contributed by atoms with Crippen LogP contribution >= 0.6 is 0 Å². The fourth-order valence-electron chi connectivity index (χ4n) is 4.08. The Morgan fingerprint density at radius 3 is 2.77 bits per heavy atom. The van der Waals surface area contributed by atoms with Gasteiger partial charge in [-0.1, -0.05) is 0 Å². The first kappa shape index (κ1) is 20.0. The largest absolute Gasteiger partial charge is 0.388 e. The molecule has 8 heteroatoms. The third-order valence-electron chi connectivity index (χ3n) is 5.65. The summed E-state index contributed by atoms with van der Waals surface area (Å²) in [5.41, 5.74) is 0. The van der Waals surface area contributed by atoms with Crippen LogP contribution < -0.4 is 10.6 Å². The number of methoxy groups -OCH3 is 1. The molecule has 3 saturated heterocycles. The number of ether oxygens (including phenoxy) is 3. The molecule has 0 bridgehead atoms. The lowest BCUT2D eigenvalue weighted by molar-refractivity contribution is -0.124. The molecule has 0 aromatic rings. The number of nitrogens with one attached hydrogen (secondary N) is 2. The number of aliphatic hydroxyl groups excluding tert-OH is 1. The van der Waals surface area contributed by atoms with Crippen molar-refractivity contribution >= 4 is 5.91 Å². The van der Waals surface area contributed by atoms with Crippen molar-refractivity contribution in [1.29, 1.82) is 0 Å². The van der Waals surface area contributed by atoms with Crippen molar-refractivity contribution in [3.8, 4) is 0 Å². The molecule has 3 rings (SSSR count). The molecule has 3 fully saturated rings. The van der Waals surface area contributed by atoms with Gasteiger partial charge in [-0.25, -0.2) is 0 Å². The Hall–Kier alpha value is -0.770. The van der Waals surface area contributed by atoms with Gasteiger partial charge < -0.3 is 34.9 Å². The lowest BCUT2D eigenvalue weighted by atomic mass is 10.0. The second kappa shape index (κ2) is 9.43. The van der Waals surface area contributed by atoms with Crippen molar-refractivity contribution in [3.63, 3.8) is 0 Å². The zero-order chi connectivity index (χ0) is 18.5. The van der Waals surface area contributed by atoms with Crippen LogP contribution in [0.1, 0.15) is 25.7 Å². The zero-order valence-electron chi connectivity index (χ0n) is 15.9. The van der Waals surface area contributed by atoms with E-state index in [9.17, 15) is 9.90 Å². The van der Waals surface area contributed by atoms with Gasteiger partial charge in [0.2, 0.25) is 5.91 Å². The predicted molar refractivity (Wildman–Crippen MR) is 96.0 cm³/mol. The smallest absolute Gasteiger partial charge is 0.222 e. The summed E-state index contributed by atoms with van der Waals surface area (Å²) in [6.45, 7) is 3.85. The molecule has 26 heavy (non-hydrogen) atoms. The number of hydrogen-bond acceptors (Lipinski definition) is 7. The monoisotopic (exact) mass is 371 g/mol. The van der Waals surface area contributed by atoms with E-state index in [-0.39, 0.29) is 30.3 Å². The zero-order valence-corrected chi connectivity index (χ0v) is 15.9. The molecule has 0 spiro atoms. The molecule has 0 aliphatic carbocycles. The molecule has 5 unspecified atom stereocenters. The Kier molecular flexibility index (Phi) is 7.25. The van der Waals surface area contributed by atoms with E-state index < -0.39 is 6.10 Å². The highest BCUT2D eigenvalue weighted by molar-refractivity contribution is 5.76. The van der Waals surface area contributed by atoms with Gasteiger partial charge in [0.15, 0.2) is 0 Å². The molecule has 0 saturated carbocycles. The number of nitrogens with zero attached hydrogens (tertiary/aromatic N) is 1. The second-order valence-corrected chi connectivity index (χ2v) is 7.69. The summed E-state index contributed by atoms with van der Waals surface area (Å²) in [4.78, 5) is 14.2. The Balaban J connectivity index is 1.37. The number of amides is 1. The summed E-state index contributed by atoms with van der Waals surface area (Å²) in [6, 6.07) is 0.493. The first-order valence-corrected chi connectivity index (χ1v) is 9.73. The van der Waals surface area contributed by atoms with E-state index in [0.717, 1.165) is 25.9 Å². The summed E-state index contributed by atoms with van der Waals surface area (Å²) >= 11 is 0. The van der Waals surface area contributed by atoms with Gasteiger partial charge in [0, 0.05) is 32.7 Å². The van der Waals surface area contributed by atoms with Gasteiger partial charge in [-0.3, -0.25) is 4.79 Å². The van der Waals surface area contributed by atoms with E-state index >= 15 is 0 Å². The quantitative estimate of drug-likeness (QED) is 0.477. The van der Waals surface area contributed by atoms with Crippen LogP contribution in [-0.2, 0) is 19.0 Å². The van der Waals surface area contributed by atoms with Gasteiger partial charge in [-0.2, -0.15) is 0 Å². The standard InChI is InChI=1S/C18H33N3O5/c1-21-6-3-12(4-7-21)20-11-15-17(23)18-14(26-15)9-13(25-18)10-16(22)19-5-8-24-2/h12-15,17-18,20,23H,3-11H2,1-2H3,(H,19,22). The maximum atomic E-state index is 11.9. The molecular formula is C18H33N3O5. The average molecular weight is 371 g/mol. The van der Waals surface area contributed by atoms with Crippen molar-refractivity contribution in [2.75, 3.05) is 46.9 Å². The Morgan fingerprint density at radius 2 is 2.08 bits per heavy atom. The highest BCUT2D eigenvalue weighted by Crippen LogP contribution is 2.35. The van der Waals surface area contributed by atoms with Gasteiger partial charge in [-0.15, -0.1) is 0 Å². The highest BCUT2D eigenvalue weighted by atomic mass is 16.6. The third-order valence-corrected chi connectivity index (χ3v) is 5.65. The number of carbonyl (C=O) groups excluding carboxylic acids is 1. The summed E-state index contributed by atoms with van der Waals surface area (Å²) in [7, 11) is 3.75. The summed E-state index contributed by atoms with van der Waals surface area (Å²) in [5.74, 6) is -0.0537. The molecule has 0 radical (unpaired) electrons. The van der Waals surface area contributed by atoms with Crippen molar-refractivity contribution in [3.05, 3.63) is 0 Å². The van der Waals surface area contributed by atoms with Gasteiger partial charge in [0.05, 0.1) is 31.3 Å². The van der Waals surface area contributed by atoms with Gasteiger partial charge in [0.25, 0.3) is 0 Å². The molecule has 3 N–H and O–H groups in total. The summed E-state index contributed by atoms with van der Waals surface area (Å²) in [5, 5.41) is 16.9. The molecule has 5 atom stereocenters. The van der Waals surface area contributed by atoms with Crippen molar-refractivity contribution < 1.29 is 24.1 Å². The lowest BCUT2D eigenvalue weighted by Crippen LogP contribution is -2.46. The minimum absolute atomic E-state index is 0.0537. The number of carbonyl (C=O) groups is 1. The molecular weight excluding hydrogens is 338 g/mol. The maximum Gasteiger partial charge on any atom is 0.222 e. The number of rotatable bonds is 8. The van der Waals surface area contributed by atoms with Crippen LogP contribution in [0.15, 0.2) is 0 Å². The fourth-order valence-corrected chi connectivity index (χ4v) is 4.08. The molecule has 150 valence electrons. The molecule has 1 amide bonds. The van der Waals surface area contributed by atoms with Crippen LogP contribution in [0.25, 0.3) is 0 Å². The lowest BCUT2D eigenvalue weighted by Gasteiger charge is -2.30. The molecule has 3 aliphatic rings. The van der Waals surface area contributed by atoms with Crippen molar-refractivity contribution in [2.45, 2.75) is 62.2 Å². The number of fused-ring (bicyclic) bond motifs is 1. The second-order valence-electron chi connectivity index (χ2n) is 7.69. The van der Waals surface area contributed by atoms with Crippen LogP contribution in [0.2, 0.25) is 0 Å². The molecule has 8 nitrogen and oxygen atoms in total. The van der Waals surface area contributed by atoms with Crippen LogP contribution in [0.5, 0.6) is 0 Å². The summed E-state index contributed by atoms with van der Waals surface area (Å²) in [6.07, 6.45) is 1.70. The topological polar surface area (TPSA) is 92.3 Å². The Labute approximate surface area is 155 Å². The average Bonchev–Trinajstić information content (AvgIpc) is 3.13. The number of hydrogen-bond donors (Lipinski definition) is 3. The maximum absolute atomic E-state index is 11.9. The molecule has 3 aliphatic heterocycles. The van der Waals surface area contributed by atoms with E-state index in [1.165, 1.54) is 0 Å². The van der Waals surface area contributed by atoms with Crippen LogP contribution in [-0.4, -0.2) is 99.4 Å². The van der Waals surface area contributed by atoms with E-state index in [1.807, 2.05) is 0 Å². The van der Waals surface area contributed by atoms with Gasteiger partial charge in [-0.05, 0) is 33.0 Å². The number of piperidine rings is 1. The van der Waals surface area contributed by atoms with Gasteiger partial charge >= 0.3 is 0 Å². The van der Waals surface area contributed by atoms with Crippen LogP contribution in [0.4, 0.5) is 0 Å². The third kappa shape index (κ3) is 5.15. The Bertz CT molecular complexity index is 458. The predicted octanol–water partition coefficient (Wildman–Crippen LogP) is -0.891. The fraction of sp³-hybridized carbons (Fsp3) is 0.944. The molecule has 0 aromatic heterocycles. The summed E-state index contributed by atoms with van der Waals surface area (Å²) < 4.78 is 16.8. The van der Waals surface area contributed by atoms with E-state index in [2.05, 4.69) is 22.6 Å². The Morgan fingerprint density at radius 1 is 1.31 bits per heavy atom. The highest BCUT2D eigenvalue weighted by Gasteiger charge is 2.50. The molecule has 0 aromatic carbocycles. The minimum atomic E-state index is -0.639. The van der Waals surface area contributed by atoms with Gasteiger partial charge in [0.1, 0.15) is 12.2 Å². The van der Waals surface area contributed by atoms with E-state index in [1.54, 1.807) is 7.11 Å². The first-order chi connectivity index (χ1) is 12.6.